The highest BCUT2D eigenvalue weighted by atomic mass is 35.5. The van der Waals surface area contributed by atoms with Crippen molar-refractivity contribution < 1.29 is 14.6 Å². The van der Waals surface area contributed by atoms with Crippen molar-refractivity contribution in [3.05, 3.63) is 23.2 Å². The SMILES string of the molecule is COCC(O)CN(C)CC(=O)Nc1cc(Cl)ccc1N. The molecule has 0 aliphatic carbocycles. The lowest BCUT2D eigenvalue weighted by molar-refractivity contribution is -0.117. The molecule has 1 atom stereocenters. The van der Waals surface area contributed by atoms with Gasteiger partial charge in [-0.1, -0.05) is 11.6 Å². The van der Waals surface area contributed by atoms with E-state index in [0.29, 0.717) is 22.9 Å². The maximum Gasteiger partial charge on any atom is 0.238 e. The van der Waals surface area contributed by atoms with E-state index in [1.807, 2.05) is 0 Å². The normalized spacial score (nSPS) is 12.4. The molecule has 0 bridgehead atoms. The molecule has 0 heterocycles. The van der Waals surface area contributed by atoms with Crippen LogP contribution in [0.15, 0.2) is 18.2 Å². The fourth-order valence-corrected chi connectivity index (χ4v) is 1.91. The van der Waals surface area contributed by atoms with Gasteiger partial charge in [0.15, 0.2) is 0 Å². The number of aliphatic hydroxyl groups is 1. The van der Waals surface area contributed by atoms with Gasteiger partial charge in [-0.2, -0.15) is 0 Å². The minimum atomic E-state index is -0.631. The van der Waals surface area contributed by atoms with Crippen molar-refractivity contribution in [1.82, 2.24) is 4.90 Å². The van der Waals surface area contributed by atoms with Crippen molar-refractivity contribution in [3.8, 4) is 0 Å². The van der Waals surface area contributed by atoms with Crippen molar-refractivity contribution in [2.75, 3.05) is 44.9 Å². The van der Waals surface area contributed by atoms with Crippen LogP contribution in [0.5, 0.6) is 0 Å². The number of methoxy groups -OCH3 is 1. The number of anilines is 2. The number of halogens is 1. The van der Waals surface area contributed by atoms with Gasteiger partial charge in [-0.15, -0.1) is 0 Å². The first-order valence-electron chi connectivity index (χ1n) is 6.12. The molecule has 1 amide bonds. The number of nitrogens with two attached hydrogens (primary N) is 1. The number of nitrogen functional groups attached to an aromatic ring is 1. The van der Waals surface area contributed by atoms with Gasteiger partial charge in [0, 0.05) is 18.7 Å². The number of benzene rings is 1. The zero-order chi connectivity index (χ0) is 15.1. The molecule has 0 aliphatic rings. The van der Waals surface area contributed by atoms with Crippen molar-refractivity contribution in [2.24, 2.45) is 0 Å². The molecule has 7 heteroatoms. The summed E-state index contributed by atoms with van der Waals surface area (Å²) in [6, 6.07) is 4.87. The molecule has 1 unspecified atom stereocenters. The van der Waals surface area contributed by atoms with Gasteiger partial charge in [0.2, 0.25) is 5.91 Å². The van der Waals surface area contributed by atoms with Crippen LogP contribution in [-0.2, 0) is 9.53 Å². The first kappa shape index (κ1) is 16.7. The molecule has 112 valence electrons. The molecule has 1 rings (SSSR count). The van der Waals surface area contributed by atoms with E-state index in [0.717, 1.165) is 0 Å². The molecule has 0 fully saturated rings. The zero-order valence-corrected chi connectivity index (χ0v) is 12.4. The van der Waals surface area contributed by atoms with Crippen LogP contribution in [0.3, 0.4) is 0 Å². The number of amides is 1. The average Bonchev–Trinajstić information content (AvgIpc) is 2.33. The third-order valence-corrected chi connectivity index (χ3v) is 2.82. The van der Waals surface area contributed by atoms with E-state index >= 15 is 0 Å². The number of hydrogen-bond donors (Lipinski definition) is 3. The van der Waals surface area contributed by atoms with Gasteiger partial charge >= 0.3 is 0 Å². The Bertz CT molecular complexity index is 456. The highest BCUT2D eigenvalue weighted by Gasteiger charge is 2.12. The van der Waals surface area contributed by atoms with Crippen LogP contribution in [0.25, 0.3) is 0 Å². The molecule has 0 saturated carbocycles. The first-order chi connectivity index (χ1) is 9.42. The van der Waals surface area contributed by atoms with Crippen LogP contribution < -0.4 is 11.1 Å². The quantitative estimate of drug-likeness (QED) is 0.648. The Morgan fingerprint density at radius 2 is 2.30 bits per heavy atom. The smallest absolute Gasteiger partial charge is 0.238 e. The molecule has 0 spiro atoms. The maximum absolute atomic E-state index is 11.9. The Labute approximate surface area is 123 Å². The standard InChI is InChI=1S/C13H20ClN3O3/c1-17(6-10(18)8-20-2)7-13(19)16-12-5-9(14)3-4-11(12)15/h3-5,10,18H,6-8,15H2,1-2H3,(H,16,19). The minimum Gasteiger partial charge on any atom is -0.397 e. The lowest BCUT2D eigenvalue weighted by Crippen LogP contribution is -2.37. The van der Waals surface area contributed by atoms with Crippen LogP contribution >= 0.6 is 11.6 Å². The van der Waals surface area contributed by atoms with E-state index in [9.17, 15) is 9.90 Å². The molecule has 1 aromatic carbocycles. The number of carbonyl (C=O) groups excluding carboxylic acids is 1. The summed E-state index contributed by atoms with van der Waals surface area (Å²) >= 11 is 5.85. The van der Waals surface area contributed by atoms with Gasteiger partial charge in [0.1, 0.15) is 0 Å². The van der Waals surface area contributed by atoms with Crippen LogP contribution in [0.4, 0.5) is 11.4 Å². The predicted molar refractivity (Wildman–Crippen MR) is 79.9 cm³/mol. The second-order valence-corrected chi connectivity index (χ2v) is 5.02. The Morgan fingerprint density at radius 1 is 1.60 bits per heavy atom. The van der Waals surface area contributed by atoms with E-state index in [2.05, 4.69) is 5.32 Å². The summed E-state index contributed by atoms with van der Waals surface area (Å²) in [6.45, 7) is 0.701. The van der Waals surface area contributed by atoms with Crippen molar-refractivity contribution >= 4 is 28.9 Å². The molecule has 6 nitrogen and oxygen atoms in total. The van der Waals surface area contributed by atoms with E-state index in [4.69, 9.17) is 22.1 Å². The molecular formula is C13H20ClN3O3. The lowest BCUT2D eigenvalue weighted by Gasteiger charge is -2.19. The fourth-order valence-electron chi connectivity index (χ4n) is 1.74. The third kappa shape index (κ3) is 5.75. The molecular weight excluding hydrogens is 282 g/mol. The number of carbonyl (C=O) groups is 1. The summed E-state index contributed by atoms with van der Waals surface area (Å²) in [5.74, 6) is -0.230. The first-order valence-corrected chi connectivity index (χ1v) is 6.50. The fraction of sp³-hybridized carbons (Fsp3) is 0.462. The summed E-state index contributed by atoms with van der Waals surface area (Å²) in [4.78, 5) is 13.6. The van der Waals surface area contributed by atoms with E-state index in [1.54, 1.807) is 30.1 Å². The summed E-state index contributed by atoms with van der Waals surface area (Å²) in [5, 5.41) is 12.7. The monoisotopic (exact) mass is 301 g/mol. The van der Waals surface area contributed by atoms with Gasteiger partial charge in [0.25, 0.3) is 0 Å². The summed E-state index contributed by atoms with van der Waals surface area (Å²) in [5.41, 5.74) is 6.67. The number of nitrogens with zero attached hydrogens (tertiary/aromatic N) is 1. The van der Waals surface area contributed by atoms with Gasteiger partial charge < -0.3 is 20.9 Å². The van der Waals surface area contributed by atoms with Crippen molar-refractivity contribution in [2.45, 2.75) is 6.10 Å². The summed E-state index contributed by atoms with van der Waals surface area (Å²) < 4.78 is 4.83. The van der Waals surface area contributed by atoms with Crippen molar-refractivity contribution in [3.63, 3.8) is 0 Å². The lowest BCUT2D eigenvalue weighted by atomic mass is 10.2. The number of rotatable bonds is 7. The Hall–Kier alpha value is -1.34. The second kappa shape index (κ2) is 8.06. The zero-order valence-electron chi connectivity index (χ0n) is 11.6. The van der Waals surface area contributed by atoms with Crippen LogP contribution in [-0.4, -0.2) is 55.9 Å². The maximum atomic E-state index is 11.9. The average molecular weight is 302 g/mol. The number of ether oxygens (including phenoxy) is 1. The summed E-state index contributed by atoms with van der Waals surface area (Å²) in [6.07, 6.45) is -0.631. The highest BCUT2D eigenvalue weighted by Crippen LogP contribution is 2.22. The van der Waals surface area contributed by atoms with Gasteiger partial charge in [-0.3, -0.25) is 9.69 Å². The van der Waals surface area contributed by atoms with Crippen molar-refractivity contribution in [1.29, 1.82) is 0 Å². The minimum absolute atomic E-state index is 0.132. The number of nitrogens with one attached hydrogen (secondary N) is 1. The number of likely N-dealkylation sites (N-methyl/N-ethyl adjacent to an activating group) is 1. The van der Waals surface area contributed by atoms with Gasteiger partial charge in [-0.25, -0.2) is 0 Å². The van der Waals surface area contributed by atoms with Crippen LogP contribution in [0.2, 0.25) is 5.02 Å². The highest BCUT2D eigenvalue weighted by molar-refractivity contribution is 6.31. The Kier molecular flexibility index (Phi) is 6.74. The van der Waals surface area contributed by atoms with Gasteiger partial charge in [0.05, 0.1) is 30.6 Å². The Morgan fingerprint density at radius 3 is 2.95 bits per heavy atom. The molecule has 20 heavy (non-hydrogen) atoms. The number of aliphatic hydroxyl groups excluding tert-OH is 1. The van der Waals surface area contributed by atoms with Crippen LogP contribution in [0.1, 0.15) is 0 Å². The Balaban J connectivity index is 2.49. The number of hydrogen-bond acceptors (Lipinski definition) is 5. The molecule has 1 aromatic rings. The summed E-state index contributed by atoms with van der Waals surface area (Å²) in [7, 11) is 3.25. The molecule has 0 saturated heterocycles. The topological polar surface area (TPSA) is 87.8 Å². The van der Waals surface area contributed by atoms with E-state index in [1.165, 1.54) is 7.11 Å². The molecule has 0 aromatic heterocycles. The predicted octanol–water partition coefficient (Wildman–Crippen LogP) is 0.800. The second-order valence-electron chi connectivity index (χ2n) is 4.59. The van der Waals surface area contributed by atoms with Gasteiger partial charge in [-0.05, 0) is 25.2 Å². The van der Waals surface area contributed by atoms with Crippen LogP contribution in [0, 0.1) is 0 Å². The molecule has 0 aliphatic heterocycles. The molecule has 0 radical (unpaired) electrons. The van der Waals surface area contributed by atoms with E-state index < -0.39 is 6.10 Å². The third-order valence-electron chi connectivity index (χ3n) is 2.58. The largest absolute Gasteiger partial charge is 0.397 e. The van der Waals surface area contributed by atoms with E-state index in [-0.39, 0.29) is 19.1 Å². The molecule has 4 N–H and O–H groups in total.